The highest BCUT2D eigenvalue weighted by Gasteiger charge is 2.38. The largest absolute Gasteiger partial charge is 0.491 e. The van der Waals surface area contributed by atoms with Crippen LogP contribution in [0.3, 0.4) is 0 Å². The summed E-state index contributed by atoms with van der Waals surface area (Å²) in [5, 5.41) is 2.98. The normalized spacial score (nSPS) is 22.1. The first-order valence-electron chi connectivity index (χ1n) is 9.89. The molecule has 2 aromatic rings. The van der Waals surface area contributed by atoms with Crippen molar-refractivity contribution in [3.8, 4) is 5.75 Å². The van der Waals surface area contributed by atoms with Gasteiger partial charge in [0, 0.05) is 30.0 Å². The first-order chi connectivity index (χ1) is 13.5. The van der Waals surface area contributed by atoms with Gasteiger partial charge in [-0.1, -0.05) is 42.5 Å². The average Bonchev–Trinajstić information content (AvgIpc) is 2.68. The quantitative estimate of drug-likeness (QED) is 0.857. The summed E-state index contributed by atoms with van der Waals surface area (Å²) in [6.45, 7) is 3.97. The van der Waals surface area contributed by atoms with Gasteiger partial charge in [-0.2, -0.15) is 0 Å². The molecule has 0 fully saturated rings. The molecule has 144 valence electrons. The Morgan fingerprint density at radius 3 is 2.29 bits per heavy atom. The second-order valence-corrected chi connectivity index (χ2v) is 7.87. The van der Waals surface area contributed by atoms with Gasteiger partial charge in [0.1, 0.15) is 5.75 Å². The lowest BCUT2D eigenvalue weighted by atomic mass is 9.73. The molecule has 0 saturated carbocycles. The number of allylic oxidation sites excluding steroid dienone is 2. The minimum absolute atomic E-state index is 0.0206. The van der Waals surface area contributed by atoms with Crippen LogP contribution in [0.15, 0.2) is 65.9 Å². The lowest BCUT2D eigenvalue weighted by Crippen LogP contribution is -2.38. The molecule has 0 saturated heterocycles. The fourth-order valence-electron chi connectivity index (χ4n) is 4.26. The molecule has 4 rings (SSSR count). The van der Waals surface area contributed by atoms with Crippen molar-refractivity contribution in [2.45, 2.75) is 51.0 Å². The summed E-state index contributed by atoms with van der Waals surface area (Å²) in [6, 6.07) is 17.9. The van der Waals surface area contributed by atoms with Crippen molar-refractivity contribution >= 4 is 11.7 Å². The first kappa shape index (κ1) is 18.5. The number of ketones is 1. The van der Waals surface area contributed by atoms with Gasteiger partial charge in [0.05, 0.1) is 6.10 Å². The van der Waals surface area contributed by atoms with E-state index in [0.29, 0.717) is 19.3 Å². The minimum Gasteiger partial charge on any atom is -0.491 e. The van der Waals surface area contributed by atoms with Crippen molar-refractivity contribution in [3.63, 3.8) is 0 Å². The van der Waals surface area contributed by atoms with Crippen LogP contribution in [0, 0.1) is 0 Å². The number of hydrogen-bond acceptors (Lipinski definition) is 3. The zero-order valence-electron chi connectivity index (χ0n) is 16.3. The summed E-state index contributed by atoms with van der Waals surface area (Å²) in [6.07, 6.45) is 1.60. The van der Waals surface area contributed by atoms with Gasteiger partial charge < -0.3 is 10.1 Å². The average molecular weight is 375 g/mol. The van der Waals surface area contributed by atoms with E-state index in [1.807, 2.05) is 56.3 Å². The molecule has 2 aromatic carbocycles. The predicted molar refractivity (Wildman–Crippen MR) is 108 cm³/mol. The number of benzene rings is 2. The van der Waals surface area contributed by atoms with E-state index in [1.54, 1.807) is 0 Å². The Morgan fingerprint density at radius 2 is 1.61 bits per heavy atom. The molecule has 1 aliphatic carbocycles. The van der Waals surface area contributed by atoms with Crippen LogP contribution >= 0.6 is 0 Å². The third-order valence-electron chi connectivity index (χ3n) is 5.46. The Morgan fingerprint density at radius 1 is 0.893 bits per heavy atom. The van der Waals surface area contributed by atoms with Gasteiger partial charge in [-0.3, -0.25) is 9.59 Å². The lowest BCUT2D eigenvalue weighted by Gasteiger charge is -2.34. The fourth-order valence-corrected chi connectivity index (χ4v) is 4.26. The van der Waals surface area contributed by atoms with Crippen LogP contribution in [0.25, 0.3) is 0 Å². The van der Waals surface area contributed by atoms with E-state index in [1.165, 1.54) is 0 Å². The summed E-state index contributed by atoms with van der Waals surface area (Å²) in [5.74, 6) is 0.858. The third-order valence-corrected chi connectivity index (χ3v) is 5.46. The third kappa shape index (κ3) is 3.72. The summed E-state index contributed by atoms with van der Waals surface area (Å²) >= 11 is 0. The zero-order valence-corrected chi connectivity index (χ0v) is 16.3. The molecule has 2 atom stereocenters. The minimum atomic E-state index is -0.180. The maximum absolute atomic E-state index is 13.1. The van der Waals surface area contributed by atoms with Crippen LogP contribution in [0.1, 0.15) is 56.1 Å². The van der Waals surface area contributed by atoms with Crippen molar-refractivity contribution < 1.29 is 14.3 Å². The van der Waals surface area contributed by atoms with E-state index in [-0.39, 0.29) is 29.6 Å². The molecule has 0 radical (unpaired) electrons. The van der Waals surface area contributed by atoms with E-state index in [2.05, 4.69) is 17.4 Å². The maximum atomic E-state index is 13.1. The van der Waals surface area contributed by atoms with E-state index >= 15 is 0 Å². The van der Waals surface area contributed by atoms with Crippen LogP contribution in [-0.2, 0) is 9.59 Å². The molecule has 0 aromatic heterocycles. The van der Waals surface area contributed by atoms with Gasteiger partial charge in [-0.15, -0.1) is 0 Å². The molecule has 4 heteroatoms. The summed E-state index contributed by atoms with van der Waals surface area (Å²) in [5.41, 5.74) is 3.72. The highest BCUT2D eigenvalue weighted by atomic mass is 16.5. The van der Waals surface area contributed by atoms with Crippen LogP contribution in [0.2, 0.25) is 0 Å². The van der Waals surface area contributed by atoms with Gasteiger partial charge in [-0.25, -0.2) is 0 Å². The Labute approximate surface area is 165 Å². The molecule has 1 heterocycles. The number of carbonyl (C=O) groups excluding carboxylic acids is 2. The Balaban J connectivity index is 1.64. The fraction of sp³-hybridized carbons (Fsp3) is 0.333. The summed E-state index contributed by atoms with van der Waals surface area (Å²) in [4.78, 5) is 25.5. The molecular formula is C24H25NO3. The summed E-state index contributed by atoms with van der Waals surface area (Å²) in [7, 11) is 0. The number of rotatable bonds is 4. The van der Waals surface area contributed by atoms with E-state index in [9.17, 15) is 9.59 Å². The number of carbonyl (C=O) groups is 2. The Bertz CT molecular complexity index is 913. The number of amides is 1. The Hall–Kier alpha value is -2.88. The molecule has 1 N–H and O–H groups in total. The van der Waals surface area contributed by atoms with Gasteiger partial charge in [0.2, 0.25) is 5.91 Å². The molecule has 0 bridgehead atoms. The highest BCUT2D eigenvalue weighted by molar-refractivity contribution is 6.02. The second kappa shape index (κ2) is 7.63. The van der Waals surface area contributed by atoms with Crippen molar-refractivity contribution in [1.82, 2.24) is 5.32 Å². The van der Waals surface area contributed by atoms with E-state index < -0.39 is 0 Å². The van der Waals surface area contributed by atoms with E-state index in [0.717, 1.165) is 28.1 Å². The van der Waals surface area contributed by atoms with Crippen LogP contribution in [0.4, 0.5) is 0 Å². The zero-order chi connectivity index (χ0) is 19.7. The lowest BCUT2D eigenvalue weighted by molar-refractivity contribution is -0.122. The molecule has 2 aliphatic rings. The topological polar surface area (TPSA) is 55.4 Å². The highest BCUT2D eigenvalue weighted by Crippen LogP contribution is 2.42. The smallest absolute Gasteiger partial charge is 0.225 e. The molecule has 2 unspecified atom stereocenters. The SMILES string of the molecule is CC(C)Oc1ccc(C2CC(=O)NC3=C2C(=O)CC(c2ccccc2)C3)cc1. The van der Waals surface area contributed by atoms with Gasteiger partial charge in [0.15, 0.2) is 5.78 Å². The standard InChI is InChI=1S/C24H25NO3/c1-15(2)28-19-10-8-17(9-11-19)20-14-23(27)25-21-12-18(13-22(26)24(20)21)16-6-4-3-5-7-16/h3-11,15,18,20H,12-14H2,1-2H3,(H,25,27). The Kier molecular flexibility index (Phi) is 5.03. The predicted octanol–water partition coefficient (Wildman–Crippen LogP) is 4.48. The van der Waals surface area contributed by atoms with Gasteiger partial charge >= 0.3 is 0 Å². The maximum Gasteiger partial charge on any atom is 0.225 e. The molecule has 0 spiro atoms. The van der Waals surface area contributed by atoms with Crippen molar-refractivity contribution in [3.05, 3.63) is 77.0 Å². The van der Waals surface area contributed by atoms with Gasteiger partial charge in [-0.05, 0) is 49.4 Å². The first-order valence-corrected chi connectivity index (χ1v) is 9.89. The van der Waals surface area contributed by atoms with E-state index in [4.69, 9.17) is 4.74 Å². The van der Waals surface area contributed by atoms with Crippen molar-refractivity contribution in [2.24, 2.45) is 0 Å². The molecule has 4 nitrogen and oxygen atoms in total. The van der Waals surface area contributed by atoms with Crippen LogP contribution < -0.4 is 10.1 Å². The monoisotopic (exact) mass is 375 g/mol. The molecule has 28 heavy (non-hydrogen) atoms. The van der Waals surface area contributed by atoms with Crippen molar-refractivity contribution in [2.75, 3.05) is 0 Å². The van der Waals surface area contributed by atoms with Crippen LogP contribution in [0.5, 0.6) is 5.75 Å². The van der Waals surface area contributed by atoms with Crippen LogP contribution in [-0.4, -0.2) is 17.8 Å². The van der Waals surface area contributed by atoms with Crippen molar-refractivity contribution in [1.29, 1.82) is 0 Å². The number of nitrogens with one attached hydrogen (secondary N) is 1. The second-order valence-electron chi connectivity index (χ2n) is 7.87. The number of hydrogen-bond donors (Lipinski definition) is 1. The molecule has 1 aliphatic heterocycles. The number of ether oxygens (including phenoxy) is 1. The van der Waals surface area contributed by atoms with Gasteiger partial charge in [0.25, 0.3) is 0 Å². The summed E-state index contributed by atoms with van der Waals surface area (Å²) < 4.78 is 5.71. The number of Topliss-reactive ketones (excluding diaryl/α,β-unsaturated/α-hetero) is 1. The molecular weight excluding hydrogens is 350 g/mol. The molecule has 1 amide bonds.